The van der Waals surface area contributed by atoms with Gasteiger partial charge in [-0.05, 0) is 12.8 Å². The molecule has 2 N–H and O–H groups in total. The molecule has 1 aliphatic heterocycles. The predicted molar refractivity (Wildman–Crippen MR) is 76.7 cm³/mol. The van der Waals surface area contributed by atoms with Gasteiger partial charge >= 0.3 is 6.03 Å². The zero-order valence-corrected chi connectivity index (χ0v) is 12.3. The topological polar surface area (TPSA) is 62.2 Å². The van der Waals surface area contributed by atoms with Crippen LogP contribution in [0.25, 0.3) is 0 Å². The van der Waals surface area contributed by atoms with Crippen molar-refractivity contribution in [3.8, 4) is 0 Å². The van der Waals surface area contributed by atoms with Gasteiger partial charge in [0.25, 0.3) is 0 Å². The highest BCUT2D eigenvalue weighted by Crippen LogP contribution is 2.40. The third kappa shape index (κ3) is 2.65. The summed E-state index contributed by atoms with van der Waals surface area (Å²) in [4.78, 5) is 18.0. The Morgan fingerprint density at radius 1 is 1.50 bits per heavy atom. The van der Waals surface area contributed by atoms with E-state index in [1.807, 2.05) is 0 Å². The van der Waals surface area contributed by atoms with Gasteiger partial charge < -0.3 is 20.1 Å². The number of carbonyl (C=O) groups excluding carboxylic acids is 1. The molecule has 0 spiro atoms. The molecule has 6 heteroatoms. The second-order valence-electron chi connectivity index (χ2n) is 5.84. The second kappa shape index (κ2) is 5.44. The Labute approximate surface area is 119 Å². The molecule has 0 unspecified atom stereocenters. The van der Waals surface area contributed by atoms with Crippen molar-refractivity contribution in [1.29, 1.82) is 0 Å². The first kappa shape index (κ1) is 13.4. The average Bonchev–Trinajstić information content (AvgIpc) is 3.21. The Balaban J connectivity index is 1.71. The molecule has 0 saturated heterocycles. The lowest BCUT2D eigenvalue weighted by atomic mass is 10.2. The van der Waals surface area contributed by atoms with Crippen LogP contribution in [-0.4, -0.2) is 47.7 Å². The van der Waals surface area contributed by atoms with E-state index in [0.717, 1.165) is 26.1 Å². The van der Waals surface area contributed by atoms with Crippen LogP contribution >= 0.6 is 0 Å². The molecule has 1 fully saturated rings. The van der Waals surface area contributed by atoms with Gasteiger partial charge in [0.15, 0.2) is 0 Å². The maximum Gasteiger partial charge on any atom is 0.316 e. The number of hydrogen-bond donors (Lipinski definition) is 2. The Bertz CT molecular complexity index is 504. The molecule has 1 aromatic heterocycles. The summed E-state index contributed by atoms with van der Waals surface area (Å²) in [6.45, 7) is 3.39. The van der Waals surface area contributed by atoms with E-state index in [2.05, 4.69) is 15.2 Å². The lowest BCUT2D eigenvalue weighted by Gasteiger charge is -2.17. The van der Waals surface area contributed by atoms with Crippen molar-refractivity contribution in [1.82, 2.24) is 25.1 Å². The van der Waals surface area contributed by atoms with Crippen molar-refractivity contribution in [3.05, 3.63) is 17.2 Å². The normalized spacial score (nSPS) is 17.7. The van der Waals surface area contributed by atoms with E-state index in [-0.39, 0.29) is 6.03 Å². The molecule has 1 saturated carbocycles. The first-order chi connectivity index (χ1) is 9.66. The first-order valence-corrected chi connectivity index (χ1v) is 7.41. The summed E-state index contributed by atoms with van der Waals surface area (Å²) in [6.07, 6.45) is 3.55. The van der Waals surface area contributed by atoms with Crippen LogP contribution in [0.4, 0.5) is 4.79 Å². The Morgan fingerprint density at radius 3 is 3.00 bits per heavy atom. The molecule has 1 aliphatic carbocycles. The minimum Gasteiger partial charge on any atom is -0.336 e. The fourth-order valence-electron chi connectivity index (χ4n) is 2.73. The summed E-state index contributed by atoms with van der Waals surface area (Å²) in [5, 5.41) is 6.31. The molecule has 3 rings (SSSR count). The lowest BCUT2D eigenvalue weighted by Crippen LogP contribution is -2.36. The van der Waals surface area contributed by atoms with Crippen molar-refractivity contribution in [2.45, 2.75) is 38.3 Å². The van der Waals surface area contributed by atoms with Gasteiger partial charge in [0, 0.05) is 58.3 Å². The molecule has 0 bridgehead atoms. The van der Waals surface area contributed by atoms with Crippen LogP contribution in [0.3, 0.4) is 0 Å². The van der Waals surface area contributed by atoms with Crippen molar-refractivity contribution in [2.24, 2.45) is 0 Å². The van der Waals surface area contributed by atoms with E-state index in [1.165, 1.54) is 30.1 Å². The smallest absolute Gasteiger partial charge is 0.316 e. The highest BCUT2D eigenvalue weighted by Gasteiger charge is 2.31. The summed E-state index contributed by atoms with van der Waals surface area (Å²) in [7, 11) is 3.52. The van der Waals surface area contributed by atoms with Gasteiger partial charge in [-0.2, -0.15) is 0 Å². The minimum atomic E-state index is -0.0337. The monoisotopic (exact) mass is 277 g/mol. The third-order valence-electron chi connectivity index (χ3n) is 3.98. The Kier molecular flexibility index (Phi) is 3.65. The van der Waals surface area contributed by atoms with Crippen LogP contribution < -0.4 is 10.6 Å². The van der Waals surface area contributed by atoms with Crippen molar-refractivity contribution < 1.29 is 4.79 Å². The van der Waals surface area contributed by atoms with E-state index in [1.54, 1.807) is 19.0 Å². The number of imidazole rings is 1. The van der Waals surface area contributed by atoms with Crippen LogP contribution in [-0.2, 0) is 19.5 Å². The predicted octanol–water partition coefficient (Wildman–Crippen LogP) is 0.677. The van der Waals surface area contributed by atoms with Crippen molar-refractivity contribution in [2.75, 3.05) is 27.2 Å². The Morgan fingerprint density at radius 2 is 2.30 bits per heavy atom. The number of aromatic nitrogens is 2. The molecular weight excluding hydrogens is 254 g/mol. The highest BCUT2D eigenvalue weighted by molar-refractivity contribution is 5.73. The largest absolute Gasteiger partial charge is 0.336 e. The van der Waals surface area contributed by atoms with Gasteiger partial charge in [0.05, 0.1) is 5.69 Å². The van der Waals surface area contributed by atoms with Gasteiger partial charge in [-0.1, -0.05) is 0 Å². The van der Waals surface area contributed by atoms with E-state index in [9.17, 15) is 4.79 Å². The third-order valence-corrected chi connectivity index (χ3v) is 3.98. The number of nitrogens with one attached hydrogen (secondary N) is 2. The molecule has 6 nitrogen and oxygen atoms in total. The fourth-order valence-corrected chi connectivity index (χ4v) is 2.73. The second-order valence-corrected chi connectivity index (χ2v) is 5.84. The summed E-state index contributed by atoms with van der Waals surface area (Å²) in [6, 6.07) is -0.0337. The number of urea groups is 1. The summed E-state index contributed by atoms with van der Waals surface area (Å²) < 4.78 is 2.35. The van der Waals surface area contributed by atoms with Gasteiger partial charge in [0.2, 0.25) is 0 Å². The van der Waals surface area contributed by atoms with Gasteiger partial charge in [0.1, 0.15) is 5.82 Å². The number of amides is 2. The zero-order chi connectivity index (χ0) is 14.1. The maximum atomic E-state index is 11.6. The van der Waals surface area contributed by atoms with Crippen molar-refractivity contribution in [3.63, 3.8) is 0 Å². The van der Waals surface area contributed by atoms with Crippen molar-refractivity contribution >= 4 is 6.03 Å². The van der Waals surface area contributed by atoms with Crippen LogP contribution in [0.15, 0.2) is 0 Å². The molecule has 0 atom stereocenters. The fraction of sp³-hybridized carbons (Fsp3) is 0.714. The number of hydrogen-bond acceptors (Lipinski definition) is 3. The molecule has 110 valence electrons. The van der Waals surface area contributed by atoms with Gasteiger partial charge in [-0.25, -0.2) is 9.78 Å². The van der Waals surface area contributed by atoms with Crippen LogP contribution in [0.2, 0.25) is 0 Å². The Hall–Kier alpha value is -1.56. The first-order valence-electron chi connectivity index (χ1n) is 7.41. The molecular formula is C14H23N5O. The van der Waals surface area contributed by atoms with E-state index < -0.39 is 0 Å². The zero-order valence-electron chi connectivity index (χ0n) is 12.3. The highest BCUT2D eigenvalue weighted by atomic mass is 16.2. The number of fused-ring (bicyclic) bond motifs is 1. The standard InChI is InChI=1S/C14H23N5O/c1-18(2)14(20)16-7-8-19-12-5-6-15-9-11(12)17-13(19)10-3-4-10/h10,15H,3-9H2,1-2H3,(H,16,20). The molecule has 0 radical (unpaired) electrons. The van der Waals surface area contributed by atoms with E-state index >= 15 is 0 Å². The average molecular weight is 277 g/mol. The minimum absolute atomic E-state index is 0.0337. The summed E-state index contributed by atoms with van der Waals surface area (Å²) in [5.41, 5.74) is 2.57. The van der Waals surface area contributed by atoms with Gasteiger partial charge in [-0.15, -0.1) is 0 Å². The molecule has 1 aromatic rings. The molecule has 2 heterocycles. The quantitative estimate of drug-likeness (QED) is 0.850. The van der Waals surface area contributed by atoms with E-state index in [4.69, 9.17) is 4.98 Å². The van der Waals surface area contributed by atoms with Crippen LogP contribution in [0.5, 0.6) is 0 Å². The lowest BCUT2D eigenvalue weighted by molar-refractivity contribution is 0.217. The summed E-state index contributed by atoms with van der Waals surface area (Å²) >= 11 is 0. The molecule has 0 aromatic carbocycles. The van der Waals surface area contributed by atoms with Crippen LogP contribution in [0, 0.1) is 0 Å². The number of nitrogens with zero attached hydrogens (tertiary/aromatic N) is 3. The summed E-state index contributed by atoms with van der Waals surface area (Å²) in [5.74, 6) is 1.88. The molecule has 20 heavy (non-hydrogen) atoms. The van der Waals surface area contributed by atoms with Crippen LogP contribution in [0.1, 0.15) is 36.0 Å². The van der Waals surface area contributed by atoms with Gasteiger partial charge in [-0.3, -0.25) is 0 Å². The maximum absolute atomic E-state index is 11.6. The SMILES string of the molecule is CN(C)C(=O)NCCn1c(C2CC2)nc2c1CCNC2. The molecule has 2 aliphatic rings. The molecule has 2 amide bonds. The number of carbonyl (C=O) groups is 1. The number of rotatable bonds is 4. The van der Waals surface area contributed by atoms with E-state index in [0.29, 0.717) is 12.5 Å².